The number of benzene rings is 1. The fourth-order valence-corrected chi connectivity index (χ4v) is 1.50. The van der Waals surface area contributed by atoms with E-state index >= 15 is 0 Å². The van der Waals surface area contributed by atoms with Crippen molar-refractivity contribution in [1.82, 2.24) is 4.90 Å². The van der Waals surface area contributed by atoms with E-state index in [1.54, 1.807) is 20.9 Å². The Morgan fingerprint density at radius 3 is 2.39 bits per heavy atom. The molecule has 1 aromatic carbocycles. The van der Waals surface area contributed by atoms with Crippen molar-refractivity contribution in [2.45, 2.75) is 32.9 Å². The maximum atomic E-state index is 12.0. The molecule has 0 aliphatic carbocycles. The van der Waals surface area contributed by atoms with E-state index in [0.717, 1.165) is 5.56 Å². The molecule has 4 nitrogen and oxygen atoms in total. The number of likely N-dealkylation sites (N-methyl/N-ethyl adjacent to an activating group) is 1. The first-order valence-electron chi connectivity index (χ1n) is 6.06. The minimum atomic E-state index is -0.563. The van der Waals surface area contributed by atoms with Gasteiger partial charge < -0.3 is 14.7 Å². The van der Waals surface area contributed by atoms with E-state index < -0.39 is 6.10 Å². The molecule has 0 aliphatic rings. The molecule has 0 saturated carbocycles. The maximum Gasteiger partial charge on any atom is 0.263 e. The van der Waals surface area contributed by atoms with E-state index in [1.807, 2.05) is 31.2 Å². The molecule has 100 valence electrons. The van der Waals surface area contributed by atoms with E-state index in [4.69, 9.17) is 9.84 Å². The lowest BCUT2D eigenvalue weighted by atomic mass is 10.2. The quantitative estimate of drug-likeness (QED) is 0.864. The van der Waals surface area contributed by atoms with Crippen LogP contribution in [0.1, 0.15) is 19.4 Å². The Hall–Kier alpha value is -1.55. The van der Waals surface area contributed by atoms with Crippen LogP contribution in [-0.2, 0) is 4.79 Å². The summed E-state index contributed by atoms with van der Waals surface area (Å²) >= 11 is 0. The summed E-state index contributed by atoms with van der Waals surface area (Å²) in [5.74, 6) is 0.531. The van der Waals surface area contributed by atoms with E-state index in [9.17, 15) is 4.79 Å². The molecule has 0 spiro atoms. The smallest absolute Gasteiger partial charge is 0.263 e. The molecule has 1 N–H and O–H groups in total. The topological polar surface area (TPSA) is 49.8 Å². The van der Waals surface area contributed by atoms with Crippen molar-refractivity contribution < 1.29 is 14.6 Å². The molecule has 18 heavy (non-hydrogen) atoms. The molecule has 0 aliphatic heterocycles. The molecule has 1 rings (SSSR count). The summed E-state index contributed by atoms with van der Waals surface area (Å²) in [6.45, 7) is 5.44. The third-order valence-electron chi connectivity index (χ3n) is 2.95. The number of carbonyl (C=O) groups excluding carboxylic acids is 1. The standard InChI is InChI=1S/C14H21NO3/c1-10-5-7-13(8-6-10)18-12(3)14(17)15(4)11(2)9-16/h5-8,11-12,16H,9H2,1-4H3. The number of nitrogens with zero attached hydrogens (tertiary/aromatic N) is 1. The Bertz CT molecular complexity index is 389. The van der Waals surface area contributed by atoms with Gasteiger partial charge in [0.2, 0.25) is 0 Å². The third kappa shape index (κ3) is 3.74. The molecule has 1 amide bonds. The molecule has 4 heteroatoms. The molecule has 1 aromatic rings. The minimum absolute atomic E-state index is 0.0561. The van der Waals surface area contributed by atoms with Crippen molar-refractivity contribution in [3.8, 4) is 5.75 Å². The second-order valence-corrected chi connectivity index (χ2v) is 4.55. The lowest BCUT2D eigenvalue weighted by Crippen LogP contribution is -2.44. The number of carbonyl (C=O) groups is 1. The summed E-state index contributed by atoms with van der Waals surface area (Å²) < 4.78 is 5.57. The monoisotopic (exact) mass is 251 g/mol. The van der Waals surface area contributed by atoms with Gasteiger partial charge in [0.05, 0.1) is 12.6 Å². The van der Waals surface area contributed by atoms with Crippen molar-refractivity contribution in [3.05, 3.63) is 29.8 Å². The minimum Gasteiger partial charge on any atom is -0.481 e. The molecular weight excluding hydrogens is 230 g/mol. The molecule has 0 radical (unpaired) electrons. The zero-order valence-electron chi connectivity index (χ0n) is 11.4. The zero-order valence-corrected chi connectivity index (χ0v) is 11.4. The first-order valence-corrected chi connectivity index (χ1v) is 6.06. The fourth-order valence-electron chi connectivity index (χ4n) is 1.50. The Kier molecular flexibility index (Phi) is 5.16. The summed E-state index contributed by atoms with van der Waals surface area (Å²) in [5.41, 5.74) is 1.15. The van der Waals surface area contributed by atoms with Crippen LogP contribution in [0.2, 0.25) is 0 Å². The lowest BCUT2D eigenvalue weighted by molar-refractivity contribution is -0.139. The van der Waals surface area contributed by atoms with Gasteiger partial charge in [-0.15, -0.1) is 0 Å². The molecule has 2 unspecified atom stereocenters. The number of hydrogen-bond acceptors (Lipinski definition) is 3. The molecule has 2 atom stereocenters. The average molecular weight is 251 g/mol. The second kappa shape index (κ2) is 6.40. The van der Waals surface area contributed by atoms with Gasteiger partial charge in [-0.1, -0.05) is 17.7 Å². The average Bonchev–Trinajstić information content (AvgIpc) is 2.38. The summed E-state index contributed by atoms with van der Waals surface area (Å²) in [7, 11) is 1.66. The Morgan fingerprint density at radius 1 is 1.33 bits per heavy atom. The van der Waals surface area contributed by atoms with E-state index in [2.05, 4.69) is 0 Å². The number of aliphatic hydroxyl groups is 1. The lowest BCUT2D eigenvalue weighted by Gasteiger charge is -2.26. The van der Waals surface area contributed by atoms with Crippen molar-refractivity contribution >= 4 is 5.91 Å². The normalized spacial score (nSPS) is 13.8. The predicted octanol–water partition coefficient (Wildman–Crippen LogP) is 1.60. The Labute approximate surface area is 108 Å². The first-order chi connectivity index (χ1) is 8.45. The highest BCUT2D eigenvalue weighted by atomic mass is 16.5. The van der Waals surface area contributed by atoms with Gasteiger partial charge in [-0.3, -0.25) is 4.79 Å². The Morgan fingerprint density at radius 2 is 1.89 bits per heavy atom. The fraction of sp³-hybridized carbons (Fsp3) is 0.500. The second-order valence-electron chi connectivity index (χ2n) is 4.55. The summed E-state index contributed by atoms with van der Waals surface area (Å²) in [6.07, 6.45) is -0.563. The van der Waals surface area contributed by atoms with E-state index in [-0.39, 0.29) is 18.6 Å². The summed E-state index contributed by atoms with van der Waals surface area (Å²) in [6, 6.07) is 7.35. The van der Waals surface area contributed by atoms with Gasteiger partial charge in [-0.2, -0.15) is 0 Å². The number of aliphatic hydroxyl groups excluding tert-OH is 1. The summed E-state index contributed by atoms with van der Waals surface area (Å²) in [4.78, 5) is 13.5. The molecule has 0 saturated heterocycles. The number of rotatable bonds is 5. The van der Waals surface area contributed by atoms with Gasteiger partial charge in [-0.25, -0.2) is 0 Å². The van der Waals surface area contributed by atoms with Crippen molar-refractivity contribution in [2.24, 2.45) is 0 Å². The molecule has 0 heterocycles. The van der Waals surface area contributed by atoms with Crippen LogP contribution in [0.4, 0.5) is 0 Å². The Balaban J connectivity index is 2.62. The number of aryl methyl sites for hydroxylation is 1. The highest BCUT2D eigenvalue weighted by Gasteiger charge is 2.22. The number of amides is 1. The van der Waals surface area contributed by atoms with Crippen molar-refractivity contribution in [3.63, 3.8) is 0 Å². The van der Waals surface area contributed by atoms with Crippen LogP contribution in [-0.4, -0.2) is 41.7 Å². The first kappa shape index (κ1) is 14.5. The zero-order chi connectivity index (χ0) is 13.7. The van der Waals surface area contributed by atoms with Crippen LogP contribution in [0.15, 0.2) is 24.3 Å². The van der Waals surface area contributed by atoms with Gasteiger partial charge in [0.25, 0.3) is 5.91 Å². The summed E-state index contributed by atoms with van der Waals surface area (Å²) in [5, 5.41) is 9.02. The van der Waals surface area contributed by atoms with Crippen molar-refractivity contribution in [1.29, 1.82) is 0 Å². The van der Waals surface area contributed by atoms with Gasteiger partial charge >= 0.3 is 0 Å². The van der Waals surface area contributed by atoms with Gasteiger partial charge in [0, 0.05) is 7.05 Å². The van der Waals surface area contributed by atoms with Crippen LogP contribution < -0.4 is 4.74 Å². The largest absolute Gasteiger partial charge is 0.481 e. The van der Waals surface area contributed by atoms with Crippen LogP contribution in [0.5, 0.6) is 5.75 Å². The highest BCUT2D eigenvalue weighted by Crippen LogP contribution is 2.14. The van der Waals surface area contributed by atoms with Crippen LogP contribution in [0.25, 0.3) is 0 Å². The number of ether oxygens (including phenoxy) is 1. The molecule has 0 bridgehead atoms. The van der Waals surface area contributed by atoms with Gasteiger partial charge in [-0.05, 0) is 32.9 Å². The number of hydrogen-bond donors (Lipinski definition) is 1. The van der Waals surface area contributed by atoms with Crippen LogP contribution in [0, 0.1) is 6.92 Å². The maximum absolute atomic E-state index is 12.0. The van der Waals surface area contributed by atoms with Crippen LogP contribution >= 0.6 is 0 Å². The third-order valence-corrected chi connectivity index (χ3v) is 2.95. The van der Waals surface area contributed by atoms with Crippen LogP contribution in [0.3, 0.4) is 0 Å². The van der Waals surface area contributed by atoms with E-state index in [1.165, 1.54) is 4.90 Å². The molecular formula is C14H21NO3. The van der Waals surface area contributed by atoms with Crippen molar-refractivity contribution in [2.75, 3.05) is 13.7 Å². The predicted molar refractivity (Wildman–Crippen MR) is 70.6 cm³/mol. The van der Waals surface area contributed by atoms with E-state index in [0.29, 0.717) is 5.75 Å². The van der Waals surface area contributed by atoms with Gasteiger partial charge in [0.1, 0.15) is 5.75 Å². The SMILES string of the molecule is Cc1ccc(OC(C)C(=O)N(C)C(C)CO)cc1. The van der Waals surface area contributed by atoms with Gasteiger partial charge in [0.15, 0.2) is 6.10 Å². The molecule has 0 aromatic heterocycles. The molecule has 0 fully saturated rings. The highest BCUT2D eigenvalue weighted by molar-refractivity contribution is 5.80.